The molecule has 84 valence electrons. The van der Waals surface area contributed by atoms with Crippen molar-refractivity contribution >= 4 is 6.16 Å². The molecule has 1 unspecified atom stereocenters. The molecule has 0 fully saturated rings. The molecule has 0 amide bonds. The number of carbonyl (C=O) groups excluding carboxylic acids is 1. The molecule has 0 saturated heterocycles. The Morgan fingerprint density at radius 3 is 2.29 bits per heavy atom. The Labute approximate surface area is 85.5 Å². The first kappa shape index (κ1) is 13.2. The first-order valence-electron chi connectivity index (χ1n) is 4.77. The van der Waals surface area contributed by atoms with Gasteiger partial charge in [-0.25, -0.2) is 4.79 Å². The number of hydrogen-bond acceptors (Lipinski definition) is 4. The number of carbonyl (C=O) groups is 1. The van der Waals surface area contributed by atoms with Gasteiger partial charge < -0.3 is 14.2 Å². The molecule has 0 spiro atoms. The molecule has 0 heterocycles. The Kier molecular flexibility index (Phi) is 5.53. The summed E-state index contributed by atoms with van der Waals surface area (Å²) in [6.07, 6.45) is 0.0592. The summed E-state index contributed by atoms with van der Waals surface area (Å²) >= 11 is 0. The van der Waals surface area contributed by atoms with Crippen molar-refractivity contribution in [3.63, 3.8) is 0 Å². The normalized spacial score (nSPS) is 13.5. The molecule has 0 bridgehead atoms. The van der Waals surface area contributed by atoms with Crippen LogP contribution in [0.4, 0.5) is 4.79 Å². The van der Waals surface area contributed by atoms with Gasteiger partial charge in [-0.2, -0.15) is 0 Å². The van der Waals surface area contributed by atoms with Crippen molar-refractivity contribution in [1.29, 1.82) is 0 Å². The molecule has 0 aliphatic heterocycles. The van der Waals surface area contributed by atoms with E-state index in [2.05, 4.69) is 4.74 Å². The molecule has 0 aliphatic rings. The van der Waals surface area contributed by atoms with Gasteiger partial charge in [-0.1, -0.05) is 6.92 Å². The highest BCUT2D eigenvalue weighted by atomic mass is 16.7. The van der Waals surface area contributed by atoms with Crippen molar-refractivity contribution < 1.29 is 19.0 Å². The fraction of sp³-hybridized carbons (Fsp3) is 0.900. The zero-order valence-corrected chi connectivity index (χ0v) is 9.62. The van der Waals surface area contributed by atoms with E-state index in [0.717, 1.165) is 6.42 Å². The highest BCUT2D eigenvalue weighted by Gasteiger charge is 2.18. The van der Waals surface area contributed by atoms with Gasteiger partial charge in [0.2, 0.25) is 0 Å². The first-order valence-corrected chi connectivity index (χ1v) is 4.77. The molecule has 0 aromatic heterocycles. The molecule has 0 saturated carbocycles. The summed E-state index contributed by atoms with van der Waals surface area (Å²) in [5.74, 6) is 0. The van der Waals surface area contributed by atoms with Crippen LogP contribution in [0.15, 0.2) is 0 Å². The quantitative estimate of drug-likeness (QED) is 0.659. The second-order valence-corrected chi connectivity index (χ2v) is 4.03. The molecular weight excluding hydrogens is 184 g/mol. The van der Waals surface area contributed by atoms with Gasteiger partial charge >= 0.3 is 6.16 Å². The smallest absolute Gasteiger partial charge is 0.438 e. The molecule has 0 N–H and O–H groups in total. The summed E-state index contributed by atoms with van der Waals surface area (Å²) in [5, 5.41) is 0. The molecule has 14 heavy (non-hydrogen) atoms. The summed E-state index contributed by atoms with van der Waals surface area (Å²) in [4.78, 5) is 10.7. The van der Waals surface area contributed by atoms with E-state index in [1.54, 1.807) is 0 Å². The fourth-order valence-corrected chi connectivity index (χ4v) is 0.955. The lowest BCUT2D eigenvalue weighted by molar-refractivity contribution is -0.0874. The minimum atomic E-state index is -0.666. The lowest BCUT2D eigenvalue weighted by atomic mass is 10.1. The van der Waals surface area contributed by atoms with Gasteiger partial charge in [-0.3, -0.25) is 0 Å². The van der Waals surface area contributed by atoms with Crippen LogP contribution < -0.4 is 0 Å². The number of rotatable bonds is 4. The third-order valence-electron chi connectivity index (χ3n) is 1.53. The van der Waals surface area contributed by atoms with E-state index in [-0.39, 0.29) is 18.3 Å². The molecule has 0 rings (SSSR count). The predicted molar refractivity (Wildman–Crippen MR) is 53.3 cm³/mol. The van der Waals surface area contributed by atoms with Gasteiger partial charge in [0.05, 0.1) is 18.8 Å². The maximum Gasteiger partial charge on any atom is 0.508 e. The Hall–Kier alpha value is -0.770. The second kappa shape index (κ2) is 5.86. The first-order chi connectivity index (χ1) is 6.39. The lowest BCUT2D eigenvalue weighted by Crippen LogP contribution is -2.31. The van der Waals surface area contributed by atoms with Crippen LogP contribution in [0.5, 0.6) is 0 Å². The predicted octanol–water partition coefficient (Wildman–Crippen LogP) is 2.36. The summed E-state index contributed by atoms with van der Waals surface area (Å²) in [6, 6.07) is 0. The highest BCUT2D eigenvalue weighted by molar-refractivity contribution is 5.59. The molecule has 0 aromatic rings. The zero-order chi connectivity index (χ0) is 11.2. The molecule has 1 atom stereocenters. The average Bonchev–Trinajstić information content (AvgIpc) is 2.09. The van der Waals surface area contributed by atoms with Gasteiger partial charge in [0.15, 0.2) is 0 Å². The van der Waals surface area contributed by atoms with Crippen LogP contribution in [0, 0.1) is 0 Å². The molecule has 0 aliphatic carbocycles. The summed E-state index contributed by atoms with van der Waals surface area (Å²) in [5.41, 5.74) is -0.222. The van der Waals surface area contributed by atoms with Gasteiger partial charge in [0.25, 0.3) is 0 Å². The van der Waals surface area contributed by atoms with Crippen LogP contribution in [0.2, 0.25) is 0 Å². The fourth-order valence-electron chi connectivity index (χ4n) is 0.955. The third-order valence-corrected chi connectivity index (χ3v) is 1.53. The largest absolute Gasteiger partial charge is 0.508 e. The van der Waals surface area contributed by atoms with E-state index in [1.807, 2.05) is 27.7 Å². The molecule has 0 radical (unpaired) electrons. The summed E-state index contributed by atoms with van der Waals surface area (Å²) in [6.45, 7) is 8.12. The Morgan fingerprint density at radius 1 is 1.36 bits per heavy atom. The van der Waals surface area contributed by atoms with Crippen LogP contribution in [-0.4, -0.2) is 31.6 Å². The number of hydrogen-bond donors (Lipinski definition) is 0. The molecule has 0 aromatic carbocycles. The molecule has 4 heteroatoms. The van der Waals surface area contributed by atoms with Crippen LogP contribution in [0.1, 0.15) is 34.1 Å². The van der Waals surface area contributed by atoms with Gasteiger partial charge in [-0.05, 0) is 27.2 Å². The van der Waals surface area contributed by atoms with E-state index in [1.165, 1.54) is 7.11 Å². The zero-order valence-electron chi connectivity index (χ0n) is 9.62. The standard InChI is InChI=1S/C10H20O4/c1-6-8(14-10(2,3)4)7-13-9(11)12-5/h8H,6-7H2,1-5H3. The Balaban J connectivity index is 3.86. The minimum absolute atomic E-state index is 0.0749. The average molecular weight is 204 g/mol. The second-order valence-electron chi connectivity index (χ2n) is 4.03. The Bertz CT molecular complexity index is 171. The van der Waals surface area contributed by atoms with E-state index in [0.29, 0.717) is 0 Å². The van der Waals surface area contributed by atoms with Crippen LogP contribution in [0.25, 0.3) is 0 Å². The van der Waals surface area contributed by atoms with Crippen LogP contribution in [0.3, 0.4) is 0 Å². The summed E-state index contributed by atoms with van der Waals surface area (Å²) in [7, 11) is 1.29. The van der Waals surface area contributed by atoms with Crippen LogP contribution >= 0.6 is 0 Å². The number of methoxy groups -OCH3 is 1. The monoisotopic (exact) mass is 204 g/mol. The van der Waals surface area contributed by atoms with Crippen molar-refractivity contribution in [3.8, 4) is 0 Å². The third kappa shape index (κ3) is 6.71. The van der Waals surface area contributed by atoms with Gasteiger partial charge in [-0.15, -0.1) is 0 Å². The van der Waals surface area contributed by atoms with Crippen molar-refractivity contribution in [2.24, 2.45) is 0 Å². The number of ether oxygens (including phenoxy) is 3. The van der Waals surface area contributed by atoms with Gasteiger partial charge in [0, 0.05) is 0 Å². The van der Waals surface area contributed by atoms with E-state index >= 15 is 0 Å². The van der Waals surface area contributed by atoms with Crippen LogP contribution in [-0.2, 0) is 14.2 Å². The Morgan fingerprint density at radius 2 is 1.93 bits per heavy atom. The minimum Gasteiger partial charge on any atom is -0.438 e. The van der Waals surface area contributed by atoms with Crippen molar-refractivity contribution in [2.45, 2.75) is 45.8 Å². The highest BCUT2D eigenvalue weighted by Crippen LogP contribution is 2.13. The van der Waals surface area contributed by atoms with Crippen molar-refractivity contribution in [3.05, 3.63) is 0 Å². The summed E-state index contributed by atoms with van der Waals surface area (Å²) < 4.78 is 14.8. The van der Waals surface area contributed by atoms with E-state index in [9.17, 15) is 4.79 Å². The maximum absolute atomic E-state index is 10.7. The maximum atomic E-state index is 10.7. The SMILES string of the molecule is CCC(COC(=O)OC)OC(C)(C)C. The lowest BCUT2D eigenvalue weighted by Gasteiger charge is -2.26. The molecule has 4 nitrogen and oxygen atoms in total. The van der Waals surface area contributed by atoms with Crippen molar-refractivity contribution in [1.82, 2.24) is 0 Å². The van der Waals surface area contributed by atoms with Gasteiger partial charge in [0.1, 0.15) is 6.61 Å². The van der Waals surface area contributed by atoms with E-state index < -0.39 is 6.16 Å². The molecular formula is C10H20O4. The van der Waals surface area contributed by atoms with E-state index in [4.69, 9.17) is 9.47 Å². The van der Waals surface area contributed by atoms with Crippen molar-refractivity contribution in [2.75, 3.05) is 13.7 Å². The topological polar surface area (TPSA) is 44.8 Å².